The van der Waals surface area contributed by atoms with Crippen molar-refractivity contribution >= 4 is 34.8 Å². The van der Waals surface area contributed by atoms with Gasteiger partial charge >= 0.3 is 11.8 Å². The number of benzene rings is 2. The second-order valence-corrected chi connectivity index (χ2v) is 6.50. The van der Waals surface area contributed by atoms with E-state index in [1.165, 1.54) is 0 Å². The molecule has 2 aromatic carbocycles. The predicted octanol–water partition coefficient (Wildman–Crippen LogP) is 4.66. The molecular formula is C19H21ClN2O2. The van der Waals surface area contributed by atoms with Gasteiger partial charge in [0.25, 0.3) is 0 Å². The average Bonchev–Trinajstić information content (AvgIpc) is 2.52. The lowest BCUT2D eigenvalue weighted by atomic mass is 9.98. The van der Waals surface area contributed by atoms with Gasteiger partial charge in [0, 0.05) is 16.4 Å². The minimum Gasteiger partial charge on any atom is -0.317 e. The molecule has 0 aliphatic rings. The van der Waals surface area contributed by atoms with Crippen LogP contribution in [0.4, 0.5) is 11.4 Å². The molecular weight excluding hydrogens is 324 g/mol. The van der Waals surface area contributed by atoms with Crippen molar-refractivity contribution in [3.05, 3.63) is 58.1 Å². The molecule has 0 spiro atoms. The number of amides is 2. The van der Waals surface area contributed by atoms with Gasteiger partial charge in [-0.2, -0.15) is 0 Å². The smallest absolute Gasteiger partial charge is 0.314 e. The fourth-order valence-electron chi connectivity index (χ4n) is 2.42. The Morgan fingerprint density at radius 1 is 0.958 bits per heavy atom. The molecule has 2 amide bonds. The van der Waals surface area contributed by atoms with Crippen molar-refractivity contribution in [3.63, 3.8) is 0 Å². The number of para-hydroxylation sites is 1. The number of rotatable bonds is 3. The van der Waals surface area contributed by atoms with Gasteiger partial charge in [-0.05, 0) is 48.6 Å². The van der Waals surface area contributed by atoms with E-state index in [1.807, 2.05) is 45.9 Å². The van der Waals surface area contributed by atoms with Crippen LogP contribution >= 0.6 is 11.6 Å². The van der Waals surface area contributed by atoms with E-state index in [0.717, 1.165) is 16.7 Å². The summed E-state index contributed by atoms with van der Waals surface area (Å²) in [4.78, 5) is 24.5. The lowest BCUT2D eigenvalue weighted by Gasteiger charge is -2.16. The fourth-order valence-corrected chi connectivity index (χ4v) is 2.59. The number of hydrogen-bond acceptors (Lipinski definition) is 2. The Bertz CT molecular complexity index is 785. The van der Waals surface area contributed by atoms with Crippen molar-refractivity contribution in [3.8, 4) is 0 Å². The highest BCUT2D eigenvalue weighted by atomic mass is 35.5. The Labute approximate surface area is 147 Å². The lowest BCUT2D eigenvalue weighted by molar-refractivity contribution is -0.133. The zero-order chi connectivity index (χ0) is 17.9. The quantitative estimate of drug-likeness (QED) is 0.796. The van der Waals surface area contributed by atoms with Crippen LogP contribution in [0.25, 0.3) is 0 Å². The molecule has 0 fully saturated rings. The van der Waals surface area contributed by atoms with Crippen molar-refractivity contribution in [2.45, 2.75) is 33.6 Å². The molecule has 0 atom stereocenters. The van der Waals surface area contributed by atoms with Crippen LogP contribution in [-0.4, -0.2) is 11.8 Å². The summed E-state index contributed by atoms with van der Waals surface area (Å²) >= 11 is 5.93. The molecule has 0 saturated carbocycles. The van der Waals surface area contributed by atoms with Crippen LogP contribution in [0.1, 0.15) is 36.5 Å². The molecule has 5 heteroatoms. The number of anilines is 2. The third-order valence-electron chi connectivity index (χ3n) is 3.82. The largest absolute Gasteiger partial charge is 0.317 e. The topological polar surface area (TPSA) is 58.2 Å². The van der Waals surface area contributed by atoms with E-state index in [-0.39, 0.29) is 5.92 Å². The van der Waals surface area contributed by atoms with E-state index < -0.39 is 11.8 Å². The molecule has 2 aromatic rings. The summed E-state index contributed by atoms with van der Waals surface area (Å²) in [6.45, 7) is 7.82. The zero-order valence-electron chi connectivity index (χ0n) is 14.2. The summed E-state index contributed by atoms with van der Waals surface area (Å²) in [7, 11) is 0. The zero-order valence-corrected chi connectivity index (χ0v) is 15.0. The van der Waals surface area contributed by atoms with Gasteiger partial charge in [-0.3, -0.25) is 9.59 Å². The first-order valence-electron chi connectivity index (χ1n) is 7.77. The molecule has 0 heterocycles. The first kappa shape index (κ1) is 18.0. The van der Waals surface area contributed by atoms with E-state index in [0.29, 0.717) is 16.4 Å². The van der Waals surface area contributed by atoms with Gasteiger partial charge in [0.05, 0.1) is 0 Å². The van der Waals surface area contributed by atoms with Gasteiger partial charge in [0.1, 0.15) is 0 Å². The lowest BCUT2D eigenvalue weighted by Crippen LogP contribution is -2.30. The monoisotopic (exact) mass is 344 g/mol. The maximum absolute atomic E-state index is 12.3. The number of nitrogens with one attached hydrogen (secondary N) is 2. The summed E-state index contributed by atoms with van der Waals surface area (Å²) in [6.07, 6.45) is 0. The van der Waals surface area contributed by atoms with Gasteiger partial charge in [-0.25, -0.2) is 0 Å². The maximum atomic E-state index is 12.3. The van der Waals surface area contributed by atoms with Gasteiger partial charge in [-0.1, -0.05) is 49.7 Å². The molecule has 2 rings (SSSR count). The molecule has 0 unspecified atom stereocenters. The Morgan fingerprint density at radius 3 is 2.29 bits per heavy atom. The highest BCUT2D eigenvalue weighted by molar-refractivity contribution is 6.44. The Hall–Kier alpha value is -2.33. The van der Waals surface area contributed by atoms with Gasteiger partial charge in [0.15, 0.2) is 0 Å². The van der Waals surface area contributed by atoms with Crippen LogP contribution < -0.4 is 10.6 Å². The van der Waals surface area contributed by atoms with Crippen LogP contribution in [0.5, 0.6) is 0 Å². The van der Waals surface area contributed by atoms with Crippen LogP contribution in [0.15, 0.2) is 36.4 Å². The fraction of sp³-hybridized carbons (Fsp3) is 0.263. The van der Waals surface area contributed by atoms with Crippen molar-refractivity contribution in [2.24, 2.45) is 0 Å². The van der Waals surface area contributed by atoms with Crippen LogP contribution in [0.2, 0.25) is 5.02 Å². The standard InChI is InChI=1S/C19H21ClN2O2/c1-11(2)15-7-5-6-13(4)17(15)22-19(24)18(23)21-16-10-14(20)9-8-12(16)3/h5-11H,1-4H3,(H,21,23)(H,22,24). The van der Waals surface area contributed by atoms with Gasteiger partial charge in [0.2, 0.25) is 0 Å². The van der Waals surface area contributed by atoms with Gasteiger partial charge < -0.3 is 10.6 Å². The minimum atomic E-state index is -0.724. The predicted molar refractivity (Wildman–Crippen MR) is 98.7 cm³/mol. The Morgan fingerprint density at radius 2 is 1.62 bits per heavy atom. The summed E-state index contributed by atoms with van der Waals surface area (Å²) in [5.41, 5.74) is 3.96. The van der Waals surface area contributed by atoms with Gasteiger partial charge in [-0.15, -0.1) is 0 Å². The highest BCUT2D eigenvalue weighted by Gasteiger charge is 2.18. The van der Waals surface area contributed by atoms with Crippen molar-refractivity contribution in [2.75, 3.05) is 10.6 Å². The van der Waals surface area contributed by atoms with E-state index in [4.69, 9.17) is 11.6 Å². The Kier molecular flexibility index (Phi) is 5.62. The third-order valence-corrected chi connectivity index (χ3v) is 4.05. The molecule has 0 bridgehead atoms. The number of aryl methyl sites for hydroxylation is 2. The number of halogens is 1. The number of carbonyl (C=O) groups is 2. The summed E-state index contributed by atoms with van der Waals surface area (Å²) in [6, 6.07) is 10.9. The summed E-state index contributed by atoms with van der Waals surface area (Å²) in [5, 5.41) is 5.83. The van der Waals surface area contributed by atoms with E-state index in [1.54, 1.807) is 18.2 Å². The molecule has 0 aliphatic carbocycles. The van der Waals surface area contributed by atoms with E-state index >= 15 is 0 Å². The second kappa shape index (κ2) is 7.49. The van der Waals surface area contributed by atoms with Crippen LogP contribution in [-0.2, 0) is 9.59 Å². The van der Waals surface area contributed by atoms with Crippen molar-refractivity contribution < 1.29 is 9.59 Å². The third kappa shape index (κ3) is 4.15. The van der Waals surface area contributed by atoms with E-state index in [9.17, 15) is 9.59 Å². The molecule has 4 nitrogen and oxygen atoms in total. The molecule has 0 saturated heterocycles. The normalized spacial score (nSPS) is 10.6. The molecule has 24 heavy (non-hydrogen) atoms. The highest BCUT2D eigenvalue weighted by Crippen LogP contribution is 2.27. The number of hydrogen-bond donors (Lipinski definition) is 2. The minimum absolute atomic E-state index is 0.235. The van der Waals surface area contributed by atoms with Crippen LogP contribution in [0, 0.1) is 13.8 Å². The SMILES string of the molecule is Cc1ccc(Cl)cc1NC(=O)C(=O)Nc1c(C)cccc1C(C)C. The molecule has 0 aromatic heterocycles. The molecule has 0 radical (unpaired) electrons. The Balaban J connectivity index is 2.18. The van der Waals surface area contributed by atoms with Crippen molar-refractivity contribution in [1.82, 2.24) is 0 Å². The van der Waals surface area contributed by atoms with E-state index in [2.05, 4.69) is 10.6 Å². The summed E-state index contributed by atoms with van der Waals surface area (Å²) < 4.78 is 0. The summed E-state index contributed by atoms with van der Waals surface area (Å²) in [5.74, 6) is -1.19. The molecule has 0 aliphatic heterocycles. The first-order chi connectivity index (χ1) is 11.3. The van der Waals surface area contributed by atoms with Crippen molar-refractivity contribution in [1.29, 1.82) is 0 Å². The molecule has 2 N–H and O–H groups in total. The second-order valence-electron chi connectivity index (χ2n) is 6.06. The number of carbonyl (C=O) groups excluding carboxylic acids is 2. The molecule has 126 valence electrons. The van der Waals surface area contributed by atoms with Crippen LogP contribution in [0.3, 0.4) is 0 Å². The maximum Gasteiger partial charge on any atom is 0.314 e. The average molecular weight is 345 g/mol. The first-order valence-corrected chi connectivity index (χ1v) is 8.15.